The van der Waals surface area contributed by atoms with Crippen LogP contribution in [0.25, 0.3) is 0 Å². The first-order valence-corrected chi connectivity index (χ1v) is 9.39. The molecule has 3 rings (SSSR count). The fraction of sp³-hybridized carbons (Fsp3) is 0.375. The van der Waals surface area contributed by atoms with Crippen LogP contribution >= 0.6 is 23.1 Å². The second kappa shape index (κ2) is 7.94. The molecule has 132 valence electrons. The molecule has 7 nitrogen and oxygen atoms in total. The van der Waals surface area contributed by atoms with Gasteiger partial charge in [0.25, 0.3) is 5.69 Å². The number of nitro groups is 1. The standard InChI is InChI=1S/C16H16N2O5S2/c1-10-9-24-16(17-10)25-14-5-4-11(18(20)21)7-13(14)15(19)23-8-12-3-2-6-22-12/h4-5,7,9,12H,2-3,6,8H2,1H3. The van der Waals surface area contributed by atoms with Crippen LogP contribution in [0.2, 0.25) is 0 Å². The summed E-state index contributed by atoms with van der Waals surface area (Å²) in [5, 5.41) is 12.9. The lowest BCUT2D eigenvalue weighted by molar-refractivity contribution is -0.384. The van der Waals surface area contributed by atoms with Crippen LogP contribution in [0.4, 0.5) is 5.69 Å². The van der Waals surface area contributed by atoms with Crippen molar-refractivity contribution in [2.45, 2.75) is 35.1 Å². The fourth-order valence-corrected chi connectivity index (χ4v) is 4.27. The van der Waals surface area contributed by atoms with E-state index in [1.807, 2.05) is 12.3 Å². The molecule has 1 fully saturated rings. The van der Waals surface area contributed by atoms with Gasteiger partial charge in [-0.15, -0.1) is 11.3 Å². The van der Waals surface area contributed by atoms with E-state index < -0.39 is 10.9 Å². The summed E-state index contributed by atoms with van der Waals surface area (Å²) in [6, 6.07) is 4.18. The molecule has 1 aromatic heterocycles. The monoisotopic (exact) mass is 380 g/mol. The summed E-state index contributed by atoms with van der Waals surface area (Å²) < 4.78 is 11.5. The first-order valence-electron chi connectivity index (χ1n) is 7.70. The number of non-ortho nitro benzene ring substituents is 1. The predicted octanol–water partition coefficient (Wildman–Crippen LogP) is 3.85. The van der Waals surface area contributed by atoms with Gasteiger partial charge in [-0.1, -0.05) is 11.8 Å². The van der Waals surface area contributed by atoms with Crippen LogP contribution in [0, 0.1) is 17.0 Å². The number of benzene rings is 1. The van der Waals surface area contributed by atoms with Crippen LogP contribution in [0.5, 0.6) is 0 Å². The van der Waals surface area contributed by atoms with Gasteiger partial charge in [-0.2, -0.15) is 0 Å². The number of nitro benzene ring substituents is 1. The third kappa shape index (κ3) is 4.56. The smallest absolute Gasteiger partial charge is 0.339 e. The molecule has 0 spiro atoms. The highest BCUT2D eigenvalue weighted by Gasteiger charge is 2.22. The van der Waals surface area contributed by atoms with Crippen molar-refractivity contribution in [2.75, 3.05) is 13.2 Å². The second-order valence-electron chi connectivity index (χ2n) is 5.53. The van der Waals surface area contributed by atoms with Crippen molar-refractivity contribution in [1.29, 1.82) is 0 Å². The Hall–Kier alpha value is -1.97. The maximum atomic E-state index is 12.5. The van der Waals surface area contributed by atoms with Gasteiger partial charge >= 0.3 is 5.97 Å². The maximum absolute atomic E-state index is 12.5. The van der Waals surface area contributed by atoms with E-state index in [4.69, 9.17) is 9.47 Å². The average molecular weight is 380 g/mol. The van der Waals surface area contributed by atoms with Gasteiger partial charge in [0.05, 0.1) is 16.6 Å². The zero-order valence-electron chi connectivity index (χ0n) is 13.5. The van der Waals surface area contributed by atoms with Gasteiger partial charge in [0, 0.05) is 34.7 Å². The zero-order valence-corrected chi connectivity index (χ0v) is 15.1. The number of ether oxygens (including phenoxy) is 2. The zero-order chi connectivity index (χ0) is 17.8. The summed E-state index contributed by atoms with van der Waals surface area (Å²) in [6.45, 7) is 2.71. The number of nitrogens with zero attached hydrogens (tertiary/aromatic N) is 2. The van der Waals surface area contributed by atoms with Gasteiger partial charge in [-0.05, 0) is 25.8 Å². The molecule has 1 aliphatic heterocycles. The van der Waals surface area contributed by atoms with Crippen LogP contribution in [-0.4, -0.2) is 35.2 Å². The molecule has 2 heterocycles. The summed E-state index contributed by atoms with van der Waals surface area (Å²) in [4.78, 5) is 27.9. The van der Waals surface area contributed by atoms with Crippen LogP contribution < -0.4 is 0 Å². The Morgan fingerprint density at radius 3 is 3.04 bits per heavy atom. The third-order valence-corrected chi connectivity index (χ3v) is 5.75. The van der Waals surface area contributed by atoms with E-state index in [2.05, 4.69) is 4.98 Å². The van der Waals surface area contributed by atoms with Gasteiger partial charge < -0.3 is 9.47 Å². The number of aromatic nitrogens is 1. The molecular weight excluding hydrogens is 364 g/mol. The Bertz CT molecular complexity index is 787. The number of thiazole rings is 1. The van der Waals surface area contributed by atoms with Crippen LogP contribution in [0.15, 0.2) is 32.8 Å². The number of esters is 1. The minimum absolute atomic E-state index is 0.0969. The molecule has 1 aliphatic rings. The van der Waals surface area contributed by atoms with E-state index in [9.17, 15) is 14.9 Å². The molecule has 0 N–H and O–H groups in total. The Morgan fingerprint density at radius 1 is 1.56 bits per heavy atom. The topological polar surface area (TPSA) is 91.6 Å². The summed E-state index contributed by atoms with van der Waals surface area (Å²) in [5.74, 6) is -0.588. The van der Waals surface area contributed by atoms with E-state index in [1.54, 1.807) is 6.07 Å². The molecule has 0 amide bonds. The van der Waals surface area contributed by atoms with Gasteiger partial charge in [-0.3, -0.25) is 10.1 Å². The second-order valence-corrected chi connectivity index (χ2v) is 7.68. The fourth-order valence-electron chi connectivity index (χ4n) is 2.38. The Kier molecular flexibility index (Phi) is 5.67. The molecule has 0 aliphatic carbocycles. The molecular formula is C16H16N2O5S2. The van der Waals surface area contributed by atoms with Gasteiger partial charge in [-0.25, -0.2) is 9.78 Å². The van der Waals surface area contributed by atoms with Crippen molar-refractivity contribution >= 4 is 34.8 Å². The van der Waals surface area contributed by atoms with E-state index in [0.717, 1.165) is 22.9 Å². The average Bonchev–Trinajstić information content (AvgIpc) is 3.24. The highest BCUT2D eigenvalue weighted by molar-refractivity contribution is 8.01. The largest absolute Gasteiger partial charge is 0.459 e. The molecule has 1 aromatic carbocycles. The van der Waals surface area contributed by atoms with E-state index in [1.165, 1.54) is 35.2 Å². The highest BCUT2D eigenvalue weighted by Crippen LogP contribution is 2.34. The minimum atomic E-state index is -0.588. The normalized spacial score (nSPS) is 16.8. The van der Waals surface area contributed by atoms with Crippen molar-refractivity contribution < 1.29 is 19.2 Å². The first-order chi connectivity index (χ1) is 12.0. The summed E-state index contributed by atoms with van der Waals surface area (Å²) in [7, 11) is 0. The molecule has 2 aromatic rings. The SMILES string of the molecule is Cc1csc(Sc2ccc([N+](=O)[O-])cc2C(=O)OCC2CCCO2)n1. The van der Waals surface area contributed by atoms with Gasteiger partial charge in [0.2, 0.25) is 0 Å². The molecule has 25 heavy (non-hydrogen) atoms. The molecule has 0 bridgehead atoms. The molecule has 1 saturated heterocycles. The molecule has 0 saturated carbocycles. The summed E-state index contributed by atoms with van der Waals surface area (Å²) >= 11 is 2.75. The summed E-state index contributed by atoms with van der Waals surface area (Å²) in [5.41, 5.74) is 0.908. The number of rotatable bonds is 6. The lowest BCUT2D eigenvalue weighted by atomic mass is 10.2. The van der Waals surface area contributed by atoms with Crippen molar-refractivity contribution in [3.05, 3.63) is 45.0 Å². The Labute approximate surface area is 152 Å². The van der Waals surface area contributed by atoms with Crippen LogP contribution in [0.1, 0.15) is 28.9 Å². The van der Waals surface area contributed by atoms with Crippen LogP contribution in [-0.2, 0) is 9.47 Å². The van der Waals surface area contributed by atoms with E-state index in [0.29, 0.717) is 11.5 Å². The highest BCUT2D eigenvalue weighted by atomic mass is 32.2. The molecule has 0 radical (unpaired) electrons. The van der Waals surface area contributed by atoms with Crippen molar-refractivity contribution in [3.8, 4) is 0 Å². The number of carbonyl (C=O) groups excluding carboxylic acids is 1. The summed E-state index contributed by atoms with van der Waals surface area (Å²) in [6.07, 6.45) is 1.70. The predicted molar refractivity (Wildman–Crippen MR) is 93.3 cm³/mol. The Morgan fingerprint density at radius 2 is 2.40 bits per heavy atom. The quantitative estimate of drug-likeness (QED) is 0.427. The van der Waals surface area contributed by atoms with Crippen molar-refractivity contribution in [1.82, 2.24) is 4.98 Å². The van der Waals surface area contributed by atoms with Crippen molar-refractivity contribution in [3.63, 3.8) is 0 Å². The number of aryl methyl sites for hydroxylation is 1. The molecule has 9 heteroatoms. The van der Waals surface area contributed by atoms with E-state index in [-0.39, 0.29) is 24.0 Å². The van der Waals surface area contributed by atoms with Gasteiger partial charge in [0.15, 0.2) is 4.34 Å². The van der Waals surface area contributed by atoms with E-state index >= 15 is 0 Å². The molecule has 1 unspecified atom stereocenters. The minimum Gasteiger partial charge on any atom is -0.459 e. The number of hydrogen-bond acceptors (Lipinski definition) is 8. The first kappa shape index (κ1) is 17.8. The lowest BCUT2D eigenvalue weighted by Gasteiger charge is -2.12. The van der Waals surface area contributed by atoms with Gasteiger partial charge in [0.1, 0.15) is 6.61 Å². The Balaban J connectivity index is 1.80. The number of carbonyl (C=O) groups is 1. The number of hydrogen-bond donors (Lipinski definition) is 0. The molecule has 1 atom stereocenters. The maximum Gasteiger partial charge on any atom is 0.339 e. The van der Waals surface area contributed by atoms with Crippen LogP contribution in [0.3, 0.4) is 0 Å². The lowest BCUT2D eigenvalue weighted by Crippen LogP contribution is -2.18. The third-order valence-electron chi connectivity index (χ3n) is 3.61. The van der Waals surface area contributed by atoms with Crippen molar-refractivity contribution in [2.24, 2.45) is 0 Å².